The van der Waals surface area contributed by atoms with Gasteiger partial charge in [-0.2, -0.15) is 0 Å². The zero-order valence-corrected chi connectivity index (χ0v) is 16.7. The minimum Gasteiger partial charge on any atom is -0.496 e. The van der Waals surface area contributed by atoms with E-state index in [1.165, 1.54) is 4.88 Å². The highest BCUT2D eigenvalue weighted by Gasteiger charge is 2.24. The first-order valence-electron chi connectivity index (χ1n) is 9.18. The molecule has 1 amide bonds. The molecule has 1 N–H and O–H groups in total. The number of fused-ring (bicyclic) bond motifs is 1. The summed E-state index contributed by atoms with van der Waals surface area (Å²) < 4.78 is 10.6. The van der Waals surface area contributed by atoms with E-state index in [1.54, 1.807) is 18.4 Å². The van der Waals surface area contributed by atoms with Gasteiger partial charge in [0, 0.05) is 15.8 Å². The van der Waals surface area contributed by atoms with Crippen LogP contribution in [0.1, 0.15) is 52.7 Å². The van der Waals surface area contributed by atoms with Crippen molar-refractivity contribution in [3.8, 4) is 5.75 Å². The van der Waals surface area contributed by atoms with Crippen molar-refractivity contribution in [1.82, 2.24) is 5.32 Å². The highest BCUT2D eigenvalue weighted by molar-refractivity contribution is 7.10. The molecule has 1 aliphatic carbocycles. The monoisotopic (exact) mass is 387 g/mol. The number of methoxy groups -OCH3 is 1. The molecule has 144 valence electrons. The number of esters is 1. The Morgan fingerprint density at radius 3 is 2.89 bits per heavy atom. The molecule has 1 aliphatic rings. The lowest BCUT2D eigenvalue weighted by atomic mass is 9.88. The highest BCUT2D eigenvalue weighted by atomic mass is 32.1. The number of hydrogen-bond acceptors (Lipinski definition) is 5. The number of hydrogen-bond donors (Lipinski definition) is 1. The molecule has 0 saturated heterocycles. The summed E-state index contributed by atoms with van der Waals surface area (Å²) in [6.45, 7) is 3.81. The number of thiophene rings is 1. The first kappa shape index (κ1) is 19.4. The summed E-state index contributed by atoms with van der Waals surface area (Å²) in [5.74, 6) is 0.616. The van der Waals surface area contributed by atoms with Crippen LogP contribution in [-0.2, 0) is 22.4 Å². The van der Waals surface area contributed by atoms with Crippen molar-refractivity contribution in [2.24, 2.45) is 5.92 Å². The summed E-state index contributed by atoms with van der Waals surface area (Å²) in [4.78, 5) is 25.9. The van der Waals surface area contributed by atoms with Crippen LogP contribution in [0.15, 0.2) is 29.6 Å². The van der Waals surface area contributed by atoms with Gasteiger partial charge in [0.15, 0.2) is 6.61 Å². The number of carbonyl (C=O) groups excluding carboxylic acids is 2. The summed E-state index contributed by atoms with van der Waals surface area (Å²) in [7, 11) is 1.59. The second-order valence-electron chi connectivity index (χ2n) is 7.01. The van der Waals surface area contributed by atoms with Gasteiger partial charge in [0.2, 0.25) is 0 Å². The van der Waals surface area contributed by atoms with E-state index < -0.39 is 5.97 Å². The predicted molar refractivity (Wildman–Crippen MR) is 105 cm³/mol. The van der Waals surface area contributed by atoms with E-state index in [1.807, 2.05) is 36.6 Å². The molecule has 1 aromatic heterocycles. The fourth-order valence-corrected chi connectivity index (χ4v) is 4.68. The Hall–Kier alpha value is -2.34. The van der Waals surface area contributed by atoms with Gasteiger partial charge in [0.25, 0.3) is 5.91 Å². The molecule has 0 aliphatic heterocycles. The third-order valence-electron chi connectivity index (χ3n) is 4.94. The van der Waals surface area contributed by atoms with Crippen LogP contribution in [0.2, 0.25) is 0 Å². The minimum absolute atomic E-state index is 0.247. The van der Waals surface area contributed by atoms with E-state index in [0.29, 0.717) is 17.2 Å². The molecule has 0 spiro atoms. The van der Waals surface area contributed by atoms with Crippen LogP contribution in [-0.4, -0.2) is 25.6 Å². The maximum atomic E-state index is 12.4. The summed E-state index contributed by atoms with van der Waals surface area (Å²) in [5.41, 5.74) is 2.60. The molecule has 0 fully saturated rings. The lowest BCUT2D eigenvalue weighted by Crippen LogP contribution is -2.31. The van der Waals surface area contributed by atoms with Crippen molar-refractivity contribution in [3.63, 3.8) is 0 Å². The van der Waals surface area contributed by atoms with E-state index in [0.717, 1.165) is 30.4 Å². The van der Waals surface area contributed by atoms with Crippen LogP contribution >= 0.6 is 11.3 Å². The number of amides is 1. The molecule has 3 rings (SSSR count). The Morgan fingerprint density at radius 1 is 1.33 bits per heavy atom. The van der Waals surface area contributed by atoms with Crippen molar-refractivity contribution < 1.29 is 19.1 Å². The van der Waals surface area contributed by atoms with Crippen molar-refractivity contribution in [3.05, 3.63) is 51.2 Å². The van der Waals surface area contributed by atoms with E-state index >= 15 is 0 Å². The Kier molecular flexibility index (Phi) is 6.16. The molecule has 1 heterocycles. The second kappa shape index (κ2) is 8.57. The van der Waals surface area contributed by atoms with Gasteiger partial charge in [0.1, 0.15) is 5.75 Å². The van der Waals surface area contributed by atoms with Gasteiger partial charge in [0.05, 0.1) is 18.7 Å². The first-order valence-corrected chi connectivity index (χ1v) is 10.1. The summed E-state index contributed by atoms with van der Waals surface area (Å²) >= 11 is 1.62. The van der Waals surface area contributed by atoms with E-state index in [2.05, 4.69) is 12.2 Å². The standard InChI is InChI=1S/C21H25NO4S/c1-13-8-9-16-17(12-27-19(16)10-13)21(24)26-11-20(23)22-14(2)15-6-4-5-7-18(15)25-3/h4-7,12-14H,8-11H2,1-3H3,(H,22,23). The largest absolute Gasteiger partial charge is 0.496 e. The topological polar surface area (TPSA) is 64.6 Å². The van der Waals surface area contributed by atoms with Gasteiger partial charge >= 0.3 is 5.97 Å². The number of rotatable bonds is 6. The van der Waals surface area contributed by atoms with Gasteiger partial charge in [-0.1, -0.05) is 25.1 Å². The molecular weight excluding hydrogens is 362 g/mol. The van der Waals surface area contributed by atoms with Crippen LogP contribution in [0.4, 0.5) is 0 Å². The second-order valence-corrected chi connectivity index (χ2v) is 7.97. The van der Waals surface area contributed by atoms with Crippen molar-refractivity contribution >= 4 is 23.2 Å². The molecule has 0 radical (unpaired) electrons. The number of carbonyl (C=O) groups is 2. The smallest absolute Gasteiger partial charge is 0.339 e. The summed E-state index contributed by atoms with van der Waals surface area (Å²) in [5, 5.41) is 4.71. The Balaban J connectivity index is 1.56. The van der Waals surface area contributed by atoms with Gasteiger partial charge < -0.3 is 14.8 Å². The molecular formula is C21H25NO4S. The maximum Gasteiger partial charge on any atom is 0.339 e. The molecule has 2 unspecified atom stereocenters. The molecule has 2 atom stereocenters. The zero-order valence-electron chi connectivity index (χ0n) is 15.9. The lowest BCUT2D eigenvalue weighted by Gasteiger charge is -2.19. The van der Waals surface area contributed by atoms with Crippen LogP contribution in [0.3, 0.4) is 0 Å². The number of benzene rings is 1. The number of nitrogens with one attached hydrogen (secondary N) is 1. The Morgan fingerprint density at radius 2 is 2.11 bits per heavy atom. The average Bonchev–Trinajstić information content (AvgIpc) is 3.09. The van der Waals surface area contributed by atoms with E-state index in [4.69, 9.17) is 9.47 Å². The molecule has 2 aromatic rings. The SMILES string of the molecule is COc1ccccc1C(C)NC(=O)COC(=O)c1csc2c1CCC(C)C2. The van der Waals surface area contributed by atoms with Crippen LogP contribution in [0.25, 0.3) is 0 Å². The Labute approximate surface area is 163 Å². The van der Waals surface area contributed by atoms with Crippen molar-refractivity contribution in [2.45, 2.75) is 39.2 Å². The molecule has 6 heteroatoms. The average molecular weight is 388 g/mol. The van der Waals surface area contributed by atoms with Crippen molar-refractivity contribution in [2.75, 3.05) is 13.7 Å². The number of ether oxygens (including phenoxy) is 2. The zero-order chi connectivity index (χ0) is 19.4. The highest BCUT2D eigenvalue weighted by Crippen LogP contribution is 2.33. The fraction of sp³-hybridized carbons (Fsp3) is 0.429. The normalized spacial score (nSPS) is 16.9. The lowest BCUT2D eigenvalue weighted by molar-refractivity contribution is -0.124. The van der Waals surface area contributed by atoms with Gasteiger partial charge in [-0.05, 0) is 43.7 Å². The van der Waals surface area contributed by atoms with Gasteiger partial charge in [-0.25, -0.2) is 4.79 Å². The fourth-order valence-electron chi connectivity index (χ4n) is 3.44. The van der Waals surface area contributed by atoms with Crippen LogP contribution < -0.4 is 10.1 Å². The molecule has 5 nitrogen and oxygen atoms in total. The predicted octanol–water partition coefficient (Wildman–Crippen LogP) is 3.92. The third kappa shape index (κ3) is 4.50. The number of para-hydroxylation sites is 1. The Bertz CT molecular complexity index is 829. The van der Waals surface area contributed by atoms with Crippen LogP contribution in [0.5, 0.6) is 5.75 Å². The third-order valence-corrected chi connectivity index (χ3v) is 5.99. The van der Waals surface area contributed by atoms with Gasteiger partial charge in [-0.15, -0.1) is 11.3 Å². The molecule has 0 saturated carbocycles. The van der Waals surface area contributed by atoms with E-state index in [9.17, 15) is 9.59 Å². The van der Waals surface area contributed by atoms with Gasteiger partial charge in [-0.3, -0.25) is 4.79 Å². The summed E-state index contributed by atoms with van der Waals surface area (Å²) in [6, 6.07) is 7.26. The maximum absolute atomic E-state index is 12.4. The molecule has 1 aromatic carbocycles. The molecule has 27 heavy (non-hydrogen) atoms. The van der Waals surface area contributed by atoms with E-state index in [-0.39, 0.29) is 18.6 Å². The quantitative estimate of drug-likeness (QED) is 0.763. The first-order chi connectivity index (χ1) is 13.0. The summed E-state index contributed by atoms with van der Waals surface area (Å²) in [6.07, 6.45) is 3.01. The minimum atomic E-state index is -0.415. The molecule has 0 bridgehead atoms. The van der Waals surface area contributed by atoms with Crippen LogP contribution in [0, 0.1) is 5.92 Å². The van der Waals surface area contributed by atoms with Crippen molar-refractivity contribution in [1.29, 1.82) is 0 Å².